The third-order valence-corrected chi connectivity index (χ3v) is 3.24. The van der Waals surface area contributed by atoms with Gasteiger partial charge in [0, 0.05) is 16.3 Å². The molecule has 0 amide bonds. The largest absolute Gasteiger partial charge is 0.478 e. The lowest BCUT2D eigenvalue weighted by atomic mass is 10.0. The van der Waals surface area contributed by atoms with Crippen LogP contribution in [0.5, 0.6) is 0 Å². The van der Waals surface area contributed by atoms with E-state index in [1.54, 1.807) is 12.1 Å². The molecule has 0 radical (unpaired) electrons. The molecule has 5 nitrogen and oxygen atoms in total. The van der Waals surface area contributed by atoms with E-state index in [4.69, 9.17) is 10.2 Å². The van der Waals surface area contributed by atoms with E-state index in [0.29, 0.717) is 11.3 Å². The number of rotatable bonds is 4. The molecule has 0 aliphatic rings. The Labute approximate surface area is 128 Å². The molecule has 6 heteroatoms. The van der Waals surface area contributed by atoms with E-state index in [0.717, 1.165) is 10.5 Å². The number of carboxylic acid groups (broad SMARTS) is 2. The average Bonchev–Trinajstić information content (AvgIpc) is 2.46. The van der Waals surface area contributed by atoms with Crippen LogP contribution in [0, 0.1) is 0 Å². The lowest BCUT2D eigenvalue weighted by molar-refractivity contribution is 0.0695. The van der Waals surface area contributed by atoms with E-state index in [1.807, 2.05) is 12.1 Å². The minimum atomic E-state index is -1.20. The summed E-state index contributed by atoms with van der Waals surface area (Å²) in [5, 5.41) is 18.0. The summed E-state index contributed by atoms with van der Waals surface area (Å²) in [5.74, 6) is -2.37. The van der Waals surface area contributed by atoms with Crippen LogP contribution in [0.4, 0.5) is 5.69 Å². The van der Waals surface area contributed by atoms with Crippen molar-refractivity contribution < 1.29 is 19.8 Å². The molecular weight excluding hydrogens is 338 g/mol. The Morgan fingerprint density at radius 2 is 1.67 bits per heavy atom. The summed E-state index contributed by atoms with van der Waals surface area (Å²) < 4.78 is 0.915. The highest BCUT2D eigenvalue weighted by Gasteiger charge is 2.12. The van der Waals surface area contributed by atoms with E-state index >= 15 is 0 Å². The van der Waals surface area contributed by atoms with Gasteiger partial charge in [0.1, 0.15) is 0 Å². The summed E-state index contributed by atoms with van der Waals surface area (Å²) in [6, 6.07) is 11.1. The summed E-state index contributed by atoms with van der Waals surface area (Å²) in [7, 11) is 0. The van der Waals surface area contributed by atoms with E-state index < -0.39 is 11.9 Å². The van der Waals surface area contributed by atoms with Gasteiger partial charge in [0.2, 0.25) is 0 Å². The van der Waals surface area contributed by atoms with Gasteiger partial charge < -0.3 is 10.2 Å². The van der Waals surface area contributed by atoms with Gasteiger partial charge in [0.25, 0.3) is 0 Å². The van der Waals surface area contributed by atoms with Crippen LogP contribution in [0.1, 0.15) is 26.3 Å². The van der Waals surface area contributed by atoms with Crippen molar-refractivity contribution >= 4 is 39.8 Å². The van der Waals surface area contributed by atoms with Crippen molar-refractivity contribution in [1.29, 1.82) is 0 Å². The fourth-order valence-electron chi connectivity index (χ4n) is 1.66. The lowest BCUT2D eigenvalue weighted by Crippen LogP contribution is -2.05. The highest BCUT2D eigenvalue weighted by molar-refractivity contribution is 9.10. The predicted octanol–water partition coefficient (Wildman–Crippen LogP) is 3.60. The van der Waals surface area contributed by atoms with Crippen molar-refractivity contribution in [2.45, 2.75) is 0 Å². The maximum absolute atomic E-state index is 11.2. The summed E-state index contributed by atoms with van der Waals surface area (Å²) >= 11 is 3.31. The molecule has 2 aromatic carbocycles. The van der Waals surface area contributed by atoms with Crippen LogP contribution in [0.3, 0.4) is 0 Å². The van der Waals surface area contributed by atoms with Crippen molar-refractivity contribution in [3.8, 4) is 0 Å². The fraction of sp³-hybridized carbons (Fsp3) is 0. The summed E-state index contributed by atoms with van der Waals surface area (Å²) in [6.45, 7) is 0. The Balaban J connectivity index is 2.37. The molecule has 2 N–H and O–H groups in total. The molecule has 0 saturated carbocycles. The Hall–Kier alpha value is -2.47. The quantitative estimate of drug-likeness (QED) is 0.827. The molecule has 2 rings (SSSR count). The molecule has 2 aromatic rings. The molecular formula is C15H10BrNO4. The van der Waals surface area contributed by atoms with Crippen molar-refractivity contribution in [3.63, 3.8) is 0 Å². The zero-order chi connectivity index (χ0) is 15.4. The number of hydrogen-bond donors (Lipinski definition) is 2. The van der Waals surface area contributed by atoms with Crippen molar-refractivity contribution in [2.24, 2.45) is 4.99 Å². The van der Waals surface area contributed by atoms with Crippen LogP contribution in [-0.4, -0.2) is 28.4 Å². The van der Waals surface area contributed by atoms with E-state index in [2.05, 4.69) is 20.9 Å². The number of aliphatic imine (C=N–C) groups is 1. The molecule has 106 valence electrons. The first kappa shape index (κ1) is 14.9. The number of carbonyl (C=O) groups is 2. The highest BCUT2D eigenvalue weighted by Crippen LogP contribution is 2.18. The molecule has 0 aliphatic heterocycles. The van der Waals surface area contributed by atoms with Crippen molar-refractivity contribution in [2.75, 3.05) is 0 Å². The van der Waals surface area contributed by atoms with Gasteiger partial charge in [-0.15, -0.1) is 0 Å². The number of benzene rings is 2. The molecule has 0 fully saturated rings. The number of hydrogen-bond acceptors (Lipinski definition) is 3. The monoisotopic (exact) mass is 347 g/mol. The van der Waals surface area contributed by atoms with Crippen LogP contribution in [0.2, 0.25) is 0 Å². The van der Waals surface area contributed by atoms with Crippen LogP contribution in [0.15, 0.2) is 51.9 Å². The normalized spacial score (nSPS) is 10.7. The molecule has 0 aromatic heterocycles. The first-order valence-corrected chi connectivity index (χ1v) is 6.67. The Morgan fingerprint density at radius 1 is 1.00 bits per heavy atom. The van der Waals surface area contributed by atoms with Crippen molar-refractivity contribution in [3.05, 3.63) is 63.6 Å². The molecule has 0 spiro atoms. The minimum absolute atomic E-state index is 0.0757. The Bertz CT molecular complexity index is 723. The predicted molar refractivity (Wildman–Crippen MR) is 81.8 cm³/mol. The first-order valence-electron chi connectivity index (χ1n) is 5.87. The lowest BCUT2D eigenvalue weighted by Gasteiger charge is -2.02. The van der Waals surface area contributed by atoms with Gasteiger partial charge in [-0.2, -0.15) is 0 Å². The second-order valence-electron chi connectivity index (χ2n) is 4.15. The summed E-state index contributed by atoms with van der Waals surface area (Å²) in [6.07, 6.45) is 1.40. The van der Waals surface area contributed by atoms with Gasteiger partial charge in [-0.1, -0.05) is 22.0 Å². The zero-order valence-corrected chi connectivity index (χ0v) is 12.2. The van der Waals surface area contributed by atoms with Crippen molar-refractivity contribution in [1.82, 2.24) is 0 Å². The van der Waals surface area contributed by atoms with Crippen LogP contribution in [0.25, 0.3) is 0 Å². The summed E-state index contributed by atoms with van der Waals surface area (Å²) in [5.41, 5.74) is 0.830. The Morgan fingerprint density at radius 3 is 2.24 bits per heavy atom. The number of nitrogens with zero attached hydrogens (tertiary/aromatic N) is 1. The maximum atomic E-state index is 11.2. The molecule has 0 bridgehead atoms. The molecule has 0 aliphatic carbocycles. The van der Waals surface area contributed by atoms with Gasteiger partial charge in [-0.25, -0.2) is 9.59 Å². The number of aromatic carboxylic acids is 2. The zero-order valence-electron chi connectivity index (χ0n) is 10.7. The smallest absolute Gasteiger partial charge is 0.336 e. The van der Waals surface area contributed by atoms with Crippen LogP contribution < -0.4 is 0 Å². The third kappa shape index (κ3) is 3.76. The minimum Gasteiger partial charge on any atom is -0.478 e. The van der Waals surface area contributed by atoms with E-state index in [9.17, 15) is 9.59 Å². The summed E-state index contributed by atoms with van der Waals surface area (Å²) in [4.78, 5) is 26.2. The second kappa shape index (κ2) is 6.32. The average molecular weight is 348 g/mol. The third-order valence-electron chi connectivity index (χ3n) is 2.71. The van der Waals surface area contributed by atoms with Gasteiger partial charge in [0.05, 0.1) is 16.8 Å². The highest BCUT2D eigenvalue weighted by atomic mass is 79.9. The van der Waals surface area contributed by atoms with Gasteiger partial charge in [-0.05, 0) is 36.4 Å². The van der Waals surface area contributed by atoms with E-state index in [1.165, 1.54) is 18.3 Å². The number of halogens is 1. The van der Waals surface area contributed by atoms with Gasteiger partial charge >= 0.3 is 11.9 Å². The van der Waals surface area contributed by atoms with Crippen LogP contribution in [-0.2, 0) is 0 Å². The first-order chi connectivity index (χ1) is 9.97. The molecule has 0 atom stereocenters. The number of carboxylic acids is 2. The maximum Gasteiger partial charge on any atom is 0.336 e. The fourth-order valence-corrected chi connectivity index (χ4v) is 1.92. The topological polar surface area (TPSA) is 87.0 Å². The second-order valence-corrected chi connectivity index (χ2v) is 5.06. The molecule has 0 heterocycles. The SMILES string of the molecule is O=C(O)c1ccc(C=Nc2ccc(Br)cc2)c(C(=O)O)c1. The Kier molecular flexibility index (Phi) is 4.49. The molecule has 21 heavy (non-hydrogen) atoms. The molecule has 0 saturated heterocycles. The van der Waals surface area contributed by atoms with Crippen LogP contribution >= 0.6 is 15.9 Å². The van der Waals surface area contributed by atoms with Gasteiger partial charge in [0.15, 0.2) is 0 Å². The van der Waals surface area contributed by atoms with Gasteiger partial charge in [-0.3, -0.25) is 4.99 Å². The van der Waals surface area contributed by atoms with E-state index in [-0.39, 0.29) is 11.1 Å². The molecule has 0 unspecified atom stereocenters. The standard InChI is InChI=1S/C15H10BrNO4/c16-11-3-5-12(6-4-11)17-8-10-2-1-9(14(18)19)7-13(10)15(20)21/h1-8H,(H,18,19)(H,20,21).